The molecule has 102 valence electrons. The summed E-state index contributed by atoms with van der Waals surface area (Å²) in [5.74, 6) is 0.741. The van der Waals surface area contributed by atoms with E-state index in [1.165, 1.54) is 0 Å². The third-order valence-electron chi connectivity index (χ3n) is 2.05. The summed E-state index contributed by atoms with van der Waals surface area (Å²) < 4.78 is 5.10. The largest absolute Gasteiger partial charge is 0.444 e. The number of carbonyl (C=O) groups is 1. The van der Waals surface area contributed by atoms with Crippen LogP contribution < -0.4 is 10.6 Å². The molecule has 0 saturated carbocycles. The van der Waals surface area contributed by atoms with Crippen LogP contribution in [0.3, 0.4) is 0 Å². The van der Waals surface area contributed by atoms with Gasteiger partial charge in [-0.1, -0.05) is 6.08 Å². The maximum absolute atomic E-state index is 11.3. The molecular weight excluding hydrogens is 254 g/mol. The van der Waals surface area contributed by atoms with Gasteiger partial charge in [-0.2, -0.15) is 0 Å². The minimum absolute atomic E-state index is 0.114. The van der Waals surface area contributed by atoms with Crippen LogP contribution in [-0.4, -0.2) is 36.0 Å². The normalized spacial score (nSPS) is 21.6. The summed E-state index contributed by atoms with van der Waals surface area (Å²) in [5.41, 5.74) is -0.479. The number of rotatable bonds is 3. The zero-order chi connectivity index (χ0) is 13.6. The molecule has 1 aliphatic heterocycles. The van der Waals surface area contributed by atoms with E-state index < -0.39 is 11.7 Å². The molecule has 0 aromatic carbocycles. The van der Waals surface area contributed by atoms with E-state index in [1.54, 1.807) is 0 Å². The lowest BCUT2D eigenvalue weighted by molar-refractivity contribution is 0.0529. The predicted molar refractivity (Wildman–Crippen MR) is 73.1 cm³/mol. The van der Waals surface area contributed by atoms with Gasteiger partial charge < -0.3 is 15.4 Å². The fourth-order valence-electron chi connectivity index (χ4n) is 1.33. The highest BCUT2D eigenvalue weighted by atomic mass is 35.5. The second-order valence-electron chi connectivity index (χ2n) is 4.95. The molecule has 5 nitrogen and oxygen atoms in total. The molecule has 0 spiro atoms. The van der Waals surface area contributed by atoms with Crippen molar-refractivity contribution < 1.29 is 9.53 Å². The van der Waals surface area contributed by atoms with E-state index in [0.29, 0.717) is 13.1 Å². The smallest absolute Gasteiger partial charge is 0.407 e. The summed E-state index contributed by atoms with van der Waals surface area (Å²) in [5, 5.41) is 5.51. The summed E-state index contributed by atoms with van der Waals surface area (Å²) in [6.07, 6.45) is 4.11. The van der Waals surface area contributed by atoms with Crippen molar-refractivity contribution in [2.45, 2.75) is 38.2 Å². The van der Waals surface area contributed by atoms with Gasteiger partial charge >= 0.3 is 6.09 Å². The number of alkyl halides is 1. The van der Waals surface area contributed by atoms with Crippen molar-refractivity contribution >= 4 is 23.5 Å². The number of hydrogen-bond donors (Lipinski definition) is 2. The predicted octanol–water partition coefficient (Wildman–Crippen LogP) is 2.02. The monoisotopic (exact) mass is 273 g/mol. The van der Waals surface area contributed by atoms with Gasteiger partial charge in [0.15, 0.2) is 0 Å². The number of nitrogens with zero attached hydrogens (tertiary/aromatic N) is 1. The van der Waals surface area contributed by atoms with Crippen LogP contribution in [0, 0.1) is 0 Å². The molecule has 0 saturated heterocycles. The molecule has 1 atom stereocenters. The molecule has 1 heterocycles. The van der Waals surface area contributed by atoms with E-state index in [9.17, 15) is 4.79 Å². The van der Waals surface area contributed by atoms with E-state index >= 15 is 0 Å². The van der Waals surface area contributed by atoms with Crippen molar-refractivity contribution in [2.24, 2.45) is 4.99 Å². The second-order valence-corrected chi connectivity index (χ2v) is 5.47. The van der Waals surface area contributed by atoms with Gasteiger partial charge in [0.2, 0.25) is 0 Å². The number of alkyl carbamates (subject to hydrolysis) is 1. The third kappa shape index (κ3) is 5.91. The number of ether oxygens (including phenoxy) is 1. The standard InChI is InChI=1S/C12H20ClN3O2/c1-12(2,3)18-11(17)16-8-7-15-10-9(13)5-4-6-14-10/h4,6,9H,5,7-8H2,1-3H3,(H,14,15)(H,16,17). The summed E-state index contributed by atoms with van der Waals surface area (Å²) in [6.45, 7) is 6.36. The highest BCUT2D eigenvalue weighted by molar-refractivity contribution is 6.32. The molecule has 0 aliphatic carbocycles. The van der Waals surface area contributed by atoms with Crippen molar-refractivity contribution in [1.29, 1.82) is 0 Å². The third-order valence-corrected chi connectivity index (χ3v) is 2.44. The summed E-state index contributed by atoms with van der Waals surface area (Å²) in [4.78, 5) is 15.6. The molecule has 1 rings (SSSR count). The Kier molecular flexibility index (Phi) is 5.47. The molecule has 0 aromatic heterocycles. The van der Waals surface area contributed by atoms with Gasteiger partial charge in [-0.3, -0.25) is 4.99 Å². The van der Waals surface area contributed by atoms with E-state index in [4.69, 9.17) is 16.3 Å². The lowest BCUT2D eigenvalue weighted by Gasteiger charge is -2.19. The van der Waals surface area contributed by atoms with Crippen molar-refractivity contribution in [3.05, 3.63) is 12.3 Å². The zero-order valence-corrected chi connectivity index (χ0v) is 11.8. The fraction of sp³-hybridized carbons (Fsp3) is 0.667. The van der Waals surface area contributed by atoms with Gasteiger partial charge in [-0.15, -0.1) is 11.6 Å². The van der Waals surface area contributed by atoms with E-state index in [0.717, 1.165) is 12.3 Å². The number of carbonyl (C=O) groups excluding carboxylic acids is 1. The molecule has 1 aliphatic rings. The first-order valence-corrected chi connectivity index (χ1v) is 6.39. The number of hydrogen-bond acceptors (Lipinski definition) is 3. The first-order valence-electron chi connectivity index (χ1n) is 5.95. The number of amides is 1. The van der Waals surface area contributed by atoms with Gasteiger partial charge in [0.1, 0.15) is 11.4 Å². The molecule has 0 bridgehead atoms. The summed E-state index contributed by atoms with van der Waals surface area (Å²) in [6, 6.07) is 0. The Morgan fingerprint density at radius 2 is 2.39 bits per heavy atom. The maximum atomic E-state index is 11.3. The van der Waals surface area contributed by atoms with Crippen molar-refractivity contribution in [2.75, 3.05) is 13.1 Å². The molecule has 1 unspecified atom stereocenters. The lowest BCUT2D eigenvalue weighted by atomic mass is 10.2. The first-order chi connectivity index (χ1) is 8.38. The summed E-state index contributed by atoms with van der Waals surface area (Å²) in [7, 11) is 0. The number of amidine groups is 1. The van der Waals surface area contributed by atoms with Gasteiger partial charge in [0.25, 0.3) is 0 Å². The fourth-order valence-corrected chi connectivity index (χ4v) is 1.56. The average Bonchev–Trinajstić information content (AvgIpc) is 2.24. The highest BCUT2D eigenvalue weighted by Gasteiger charge is 2.16. The van der Waals surface area contributed by atoms with Gasteiger partial charge in [-0.05, 0) is 33.4 Å². The molecule has 0 aromatic rings. The van der Waals surface area contributed by atoms with E-state index in [-0.39, 0.29) is 5.38 Å². The number of allylic oxidation sites excluding steroid dienone is 1. The minimum Gasteiger partial charge on any atom is -0.444 e. The molecular formula is C12H20ClN3O2. The van der Waals surface area contributed by atoms with Crippen LogP contribution in [0.5, 0.6) is 0 Å². The van der Waals surface area contributed by atoms with E-state index in [1.807, 2.05) is 33.0 Å². The highest BCUT2D eigenvalue weighted by Crippen LogP contribution is 2.08. The Morgan fingerprint density at radius 3 is 3.00 bits per heavy atom. The Labute approximate surface area is 113 Å². The molecule has 0 radical (unpaired) electrons. The number of aliphatic imine (C=N–C) groups is 1. The van der Waals surface area contributed by atoms with Crippen molar-refractivity contribution in [3.63, 3.8) is 0 Å². The molecule has 6 heteroatoms. The van der Waals surface area contributed by atoms with Crippen LogP contribution in [0.4, 0.5) is 4.79 Å². The Bertz CT molecular complexity index is 348. The Morgan fingerprint density at radius 1 is 1.67 bits per heavy atom. The van der Waals surface area contributed by atoms with Crippen LogP contribution in [0.2, 0.25) is 0 Å². The molecule has 18 heavy (non-hydrogen) atoms. The minimum atomic E-state index is -0.479. The average molecular weight is 274 g/mol. The van der Waals surface area contributed by atoms with Crippen LogP contribution in [0.15, 0.2) is 17.3 Å². The topological polar surface area (TPSA) is 62.7 Å². The second kappa shape index (κ2) is 6.64. The zero-order valence-electron chi connectivity index (χ0n) is 11.0. The van der Waals surface area contributed by atoms with Crippen LogP contribution in [-0.2, 0) is 4.74 Å². The molecule has 2 N–H and O–H groups in total. The van der Waals surface area contributed by atoms with Gasteiger partial charge in [-0.25, -0.2) is 4.79 Å². The SMILES string of the molecule is CC(C)(C)OC(=O)NCCN=C1NC=CCC1Cl. The Hall–Kier alpha value is -1.23. The quantitative estimate of drug-likeness (QED) is 0.611. The molecule has 0 fully saturated rings. The number of nitrogens with one attached hydrogen (secondary N) is 2. The maximum Gasteiger partial charge on any atom is 0.407 e. The molecule has 1 amide bonds. The van der Waals surface area contributed by atoms with Crippen molar-refractivity contribution in [1.82, 2.24) is 10.6 Å². The van der Waals surface area contributed by atoms with Crippen LogP contribution in [0.1, 0.15) is 27.2 Å². The van der Waals surface area contributed by atoms with Crippen molar-refractivity contribution in [3.8, 4) is 0 Å². The summed E-state index contributed by atoms with van der Waals surface area (Å²) >= 11 is 6.05. The Balaban J connectivity index is 2.24. The van der Waals surface area contributed by atoms with Crippen LogP contribution >= 0.6 is 11.6 Å². The van der Waals surface area contributed by atoms with Gasteiger partial charge in [0.05, 0.1) is 11.9 Å². The number of halogens is 1. The van der Waals surface area contributed by atoms with Gasteiger partial charge in [0, 0.05) is 6.54 Å². The lowest BCUT2D eigenvalue weighted by Crippen LogP contribution is -2.35. The first kappa shape index (κ1) is 14.8. The van der Waals surface area contributed by atoms with E-state index in [2.05, 4.69) is 15.6 Å². The van der Waals surface area contributed by atoms with Crippen LogP contribution in [0.25, 0.3) is 0 Å².